The Morgan fingerprint density at radius 2 is 2.10 bits per heavy atom. The molecule has 0 aliphatic carbocycles. The second kappa shape index (κ2) is 8.44. The summed E-state index contributed by atoms with van der Waals surface area (Å²) in [5.41, 5.74) is 4.21. The second-order valence-electron chi connectivity index (χ2n) is 8.15. The second-order valence-corrected chi connectivity index (χ2v) is 8.15. The molecule has 2 fully saturated rings. The lowest BCUT2D eigenvalue weighted by molar-refractivity contribution is -0.130. The third-order valence-electron chi connectivity index (χ3n) is 6.15. The highest BCUT2D eigenvalue weighted by atomic mass is 16.5. The van der Waals surface area contributed by atoms with Crippen LogP contribution >= 0.6 is 0 Å². The van der Waals surface area contributed by atoms with Gasteiger partial charge in [-0.2, -0.15) is 0 Å². The number of likely N-dealkylation sites (tertiary alicyclic amines) is 1. The number of fused-ring (bicyclic) bond motifs is 2. The summed E-state index contributed by atoms with van der Waals surface area (Å²) in [6, 6.07) is 8.06. The largest absolute Gasteiger partial charge is 0.487 e. The highest BCUT2D eigenvalue weighted by Gasteiger charge is 2.27. The molecule has 4 heterocycles. The molecular weight excluding hydrogens is 390 g/mol. The maximum atomic E-state index is 11.6. The van der Waals surface area contributed by atoms with Gasteiger partial charge in [0.1, 0.15) is 18.2 Å². The molecule has 0 unspecified atom stereocenters. The lowest BCUT2D eigenvalue weighted by Crippen LogP contribution is -2.48. The Labute approximate surface area is 182 Å². The molecule has 0 saturated carbocycles. The topological polar surface area (TPSA) is 63.7 Å². The molecule has 6 heteroatoms. The maximum Gasteiger partial charge on any atom is 0.246 e. The molecule has 6 nitrogen and oxygen atoms in total. The number of pyridine rings is 1. The highest BCUT2D eigenvalue weighted by molar-refractivity contribution is 5.87. The molecule has 1 aromatic carbocycles. The van der Waals surface area contributed by atoms with Crippen LogP contribution in [0.15, 0.2) is 43.1 Å². The van der Waals surface area contributed by atoms with Crippen molar-refractivity contribution in [2.24, 2.45) is 5.92 Å². The first-order chi connectivity index (χ1) is 15.2. The summed E-state index contributed by atoms with van der Waals surface area (Å²) < 4.78 is 11.7. The molecular formula is C25H25N3O3. The van der Waals surface area contributed by atoms with Crippen molar-refractivity contribution < 1.29 is 14.3 Å². The van der Waals surface area contributed by atoms with Gasteiger partial charge < -0.3 is 19.7 Å². The Morgan fingerprint density at radius 3 is 2.90 bits per heavy atom. The van der Waals surface area contributed by atoms with Crippen molar-refractivity contribution in [2.45, 2.75) is 25.4 Å². The van der Waals surface area contributed by atoms with E-state index in [2.05, 4.69) is 34.8 Å². The minimum atomic E-state index is -0.0317. The molecule has 2 aromatic rings. The fraction of sp³-hybridized carbons (Fsp3) is 0.360. The van der Waals surface area contributed by atoms with Gasteiger partial charge in [-0.3, -0.25) is 4.79 Å². The van der Waals surface area contributed by atoms with Crippen molar-refractivity contribution in [3.63, 3.8) is 0 Å². The minimum Gasteiger partial charge on any atom is -0.487 e. The van der Waals surface area contributed by atoms with Gasteiger partial charge in [-0.25, -0.2) is 4.98 Å². The van der Waals surface area contributed by atoms with Crippen molar-refractivity contribution in [3.05, 3.63) is 59.8 Å². The molecule has 0 atom stereocenters. The molecule has 3 aliphatic heterocycles. The van der Waals surface area contributed by atoms with Gasteiger partial charge in [0, 0.05) is 43.6 Å². The van der Waals surface area contributed by atoms with Crippen molar-refractivity contribution >= 4 is 17.4 Å². The first-order valence-electron chi connectivity index (χ1n) is 10.7. The first kappa shape index (κ1) is 19.7. The van der Waals surface area contributed by atoms with E-state index in [1.54, 1.807) is 4.90 Å². The summed E-state index contributed by atoms with van der Waals surface area (Å²) in [6.45, 7) is 6.95. The number of carbonyl (C=O) groups excluding carboxylic acids is 1. The van der Waals surface area contributed by atoms with E-state index in [4.69, 9.17) is 9.47 Å². The predicted octanol–water partition coefficient (Wildman–Crippen LogP) is 3.61. The minimum absolute atomic E-state index is 0.0317. The number of anilines is 2. The maximum absolute atomic E-state index is 11.6. The zero-order chi connectivity index (χ0) is 21.2. The summed E-state index contributed by atoms with van der Waals surface area (Å²) in [7, 11) is 0. The number of carbonyl (C=O) groups is 1. The normalized spacial score (nSPS) is 18.1. The monoisotopic (exact) mass is 415 g/mol. The van der Waals surface area contributed by atoms with Crippen molar-refractivity contribution in [3.8, 4) is 17.6 Å². The van der Waals surface area contributed by atoms with E-state index >= 15 is 0 Å². The molecule has 5 rings (SSSR count). The van der Waals surface area contributed by atoms with Crippen molar-refractivity contribution in [1.29, 1.82) is 0 Å². The van der Waals surface area contributed by atoms with E-state index in [-0.39, 0.29) is 11.8 Å². The van der Waals surface area contributed by atoms with Gasteiger partial charge >= 0.3 is 0 Å². The Balaban J connectivity index is 1.34. The van der Waals surface area contributed by atoms with Crippen molar-refractivity contribution in [1.82, 2.24) is 9.88 Å². The van der Waals surface area contributed by atoms with E-state index in [0.717, 1.165) is 54.4 Å². The van der Waals surface area contributed by atoms with Gasteiger partial charge in [0.15, 0.2) is 0 Å². The van der Waals surface area contributed by atoms with Crippen LogP contribution in [0, 0.1) is 17.8 Å². The third kappa shape index (κ3) is 4.01. The lowest BCUT2D eigenvalue weighted by Gasteiger charge is -2.35. The molecule has 2 saturated heterocycles. The number of rotatable bonds is 2. The molecule has 1 amide bonds. The number of amides is 1. The Hall–Kier alpha value is -3.30. The zero-order valence-electron chi connectivity index (χ0n) is 17.4. The first-order valence-corrected chi connectivity index (χ1v) is 10.7. The number of benzene rings is 1. The van der Waals surface area contributed by atoms with Gasteiger partial charge in [-0.05, 0) is 54.7 Å². The van der Waals surface area contributed by atoms with Crippen LogP contribution in [0.3, 0.4) is 0 Å². The summed E-state index contributed by atoms with van der Waals surface area (Å²) in [6.07, 6.45) is 5.28. The van der Waals surface area contributed by atoms with Crippen LogP contribution in [0.5, 0.6) is 5.75 Å². The summed E-state index contributed by atoms with van der Waals surface area (Å²) >= 11 is 0. The van der Waals surface area contributed by atoms with Gasteiger partial charge in [0.25, 0.3) is 0 Å². The average Bonchev–Trinajstić information content (AvgIpc) is 2.97. The highest BCUT2D eigenvalue weighted by Crippen LogP contribution is 2.38. The van der Waals surface area contributed by atoms with Gasteiger partial charge in [-0.15, -0.1) is 0 Å². The van der Waals surface area contributed by atoms with Crippen LogP contribution in [0.1, 0.15) is 35.4 Å². The molecule has 1 N–H and O–H groups in total. The molecule has 0 radical (unpaired) electrons. The lowest BCUT2D eigenvalue weighted by atomic mass is 9.89. The molecule has 1 aromatic heterocycles. The van der Waals surface area contributed by atoms with E-state index in [0.29, 0.717) is 25.6 Å². The van der Waals surface area contributed by atoms with Gasteiger partial charge in [0.05, 0.1) is 11.6 Å². The van der Waals surface area contributed by atoms with Crippen LogP contribution in [-0.4, -0.2) is 42.1 Å². The predicted molar refractivity (Wildman–Crippen MR) is 118 cm³/mol. The molecule has 158 valence electrons. The van der Waals surface area contributed by atoms with Crippen LogP contribution < -0.4 is 10.1 Å². The molecule has 0 bridgehead atoms. The fourth-order valence-corrected chi connectivity index (χ4v) is 4.33. The number of nitrogens with one attached hydrogen (secondary N) is 1. The van der Waals surface area contributed by atoms with E-state index in [1.807, 2.05) is 24.4 Å². The third-order valence-corrected chi connectivity index (χ3v) is 6.15. The van der Waals surface area contributed by atoms with Gasteiger partial charge in [0.2, 0.25) is 5.91 Å². The zero-order valence-corrected chi connectivity index (χ0v) is 17.4. The van der Waals surface area contributed by atoms with Gasteiger partial charge in [-0.1, -0.05) is 18.4 Å². The Bertz CT molecular complexity index is 1070. The quantitative estimate of drug-likeness (QED) is 0.600. The summed E-state index contributed by atoms with van der Waals surface area (Å²) in [4.78, 5) is 17.9. The number of aromatic nitrogens is 1. The van der Waals surface area contributed by atoms with E-state index in [9.17, 15) is 4.79 Å². The van der Waals surface area contributed by atoms with Crippen LogP contribution in [0.2, 0.25) is 0 Å². The fourth-order valence-electron chi connectivity index (χ4n) is 4.33. The number of hydrogen-bond donors (Lipinski definition) is 1. The SMILES string of the molecule is C=CC(=O)N1CC(C#Cc2ccc3c(c2)Nc2nccc(C4CCOCC4)c2CO3)C1. The van der Waals surface area contributed by atoms with E-state index in [1.165, 1.54) is 11.6 Å². The number of ether oxygens (including phenoxy) is 2. The molecule has 31 heavy (non-hydrogen) atoms. The standard InChI is InChI=1S/C25H25N3O3/c1-2-24(29)28-14-18(15-28)4-3-17-5-6-23-22(13-17)27-25-21(16-31-23)20(7-10-26-25)19-8-11-30-12-9-19/h2,5-7,10,13,18-19H,1,8-9,11-12,14-16H2,(H,26,27). The van der Waals surface area contributed by atoms with Crippen molar-refractivity contribution in [2.75, 3.05) is 31.6 Å². The smallest absolute Gasteiger partial charge is 0.246 e. The van der Waals surface area contributed by atoms with E-state index < -0.39 is 0 Å². The molecule has 3 aliphatic rings. The summed E-state index contributed by atoms with van der Waals surface area (Å²) in [5.74, 6) is 8.81. The number of nitrogens with zero attached hydrogens (tertiary/aromatic N) is 2. The summed E-state index contributed by atoms with van der Waals surface area (Å²) in [5, 5.41) is 3.47. The van der Waals surface area contributed by atoms with Crippen LogP contribution in [0.25, 0.3) is 0 Å². The van der Waals surface area contributed by atoms with Crippen LogP contribution in [0.4, 0.5) is 11.5 Å². The average molecular weight is 415 g/mol. The Kier molecular flexibility index (Phi) is 5.35. The number of hydrogen-bond acceptors (Lipinski definition) is 5. The van der Waals surface area contributed by atoms with Crippen LogP contribution in [-0.2, 0) is 16.1 Å². The molecule has 0 spiro atoms. The Morgan fingerprint density at radius 1 is 1.26 bits per heavy atom.